The molecular weight excluding hydrogens is 418 g/mol. The number of aliphatic hydroxyl groups excluding tert-OH is 1. The van der Waals surface area contributed by atoms with E-state index in [1.165, 1.54) is 12.1 Å². The number of hydrogen-bond acceptors (Lipinski definition) is 4. The van der Waals surface area contributed by atoms with Crippen LogP contribution in [0.4, 0.5) is 17.6 Å². The third-order valence-electron chi connectivity index (χ3n) is 4.39. The van der Waals surface area contributed by atoms with Crippen molar-refractivity contribution in [2.75, 3.05) is 6.54 Å². The first kappa shape index (κ1) is 22.2. The lowest BCUT2D eigenvalue weighted by molar-refractivity contribution is -0.201. The van der Waals surface area contributed by atoms with Gasteiger partial charge in [-0.15, -0.1) is 0 Å². The molecule has 3 rings (SSSR count). The SMILES string of the molecule is Cc1ccc(-c2cc(C(=O)NC[C@H](O)C(F)(F)F)c(=O)n(-c3cccc(F)c3)n2)cc1. The molecule has 162 valence electrons. The predicted molar refractivity (Wildman–Crippen MR) is 104 cm³/mol. The van der Waals surface area contributed by atoms with Gasteiger partial charge in [0, 0.05) is 5.56 Å². The summed E-state index contributed by atoms with van der Waals surface area (Å²) >= 11 is 0. The van der Waals surface area contributed by atoms with E-state index in [0.717, 1.165) is 28.4 Å². The van der Waals surface area contributed by atoms with Crippen LogP contribution in [0.15, 0.2) is 59.4 Å². The quantitative estimate of drug-likeness (QED) is 0.604. The molecule has 3 aromatic rings. The summed E-state index contributed by atoms with van der Waals surface area (Å²) in [4.78, 5) is 25.3. The molecule has 0 aliphatic heterocycles. The summed E-state index contributed by atoms with van der Waals surface area (Å²) in [5, 5.41) is 15.2. The predicted octanol–water partition coefficient (Wildman–Crippen LogP) is 3.00. The molecule has 0 saturated carbocycles. The van der Waals surface area contributed by atoms with Crippen molar-refractivity contribution in [2.45, 2.75) is 19.2 Å². The third kappa shape index (κ3) is 5.15. The van der Waals surface area contributed by atoms with Crippen LogP contribution in [0.3, 0.4) is 0 Å². The summed E-state index contributed by atoms with van der Waals surface area (Å²) in [6.07, 6.45) is -7.72. The number of carbonyl (C=O) groups excluding carboxylic acids is 1. The lowest BCUT2D eigenvalue weighted by Crippen LogP contribution is -2.42. The lowest BCUT2D eigenvalue weighted by Gasteiger charge is -2.15. The van der Waals surface area contributed by atoms with E-state index >= 15 is 0 Å². The molecule has 1 aromatic heterocycles. The number of carbonyl (C=O) groups is 1. The average Bonchev–Trinajstić information content (AvgIpc) is 2.72. The van der Waals surface area contributed by atoms with Crippen LogP contribution < -0.4 is 10.9 Å². The second kappa shape index (κ2) is 8.68. The maximum absolute atomic E-state index is 13.7. The van der Waals surface area contributed by atoms with E-state index < -0.39 is 41.7 Å². The summed E-state index contributed by atoms with van der Waals surface area (Å²) in [7, 11) is 0. The van der Waals surface area contributed by atoms with Crippen molar-refractivity contribution in [1.82, 2.24) is 15.1 Å². The highest BCUT2D eigenvalue weighted by molar-refractivity contribution is 5.94. The lowest BCUT2D eigenvalue weighted by atomic mass is 10.1. The van der Waals surface area contributed by atoms with E-state index in [9.17, 15) is 27.2 Å². The van der Waals surface area contributed by atoms with Crippen molar-refractivity contribution in [2.24, 2.45) is 0 Å². The minimum atomic E-state index is -4.93. The number of benzene rings is 2. The number of nitrogens with one attached hydrogen (secondary N) is 1. The largest absolute Gasteiger partial charge is 0.416 e. The number of hydrogen-bond donors (Lipinski definition) is 2. The van der Waals surface area contributed by atoms with Crippen LogP contribution in [0.5, 0.6) is 0 Å². The standard InChI is InChI=1S/C21H17F4N3O3/c1-12-5-7-13(8-6-12)17-10-16(19(30)26-11-18(29)21(23,24)25)20(31)28(27-17)15-4-2-3-14(22)9-15/h2-10,18,29H,11H2,1H3,(H,26,30)/t18-/m0/s1. The molecule has 2 N–H and O–H groups in total. The van der Waals surface area contributed by atoms with E-state index in [1.807, 2.05) is 12.2 Å². The minimum absolute atomic E-state index is 0.0309. The number of alkyl halides is 3. The van der Waals surface area contributed by atoms with Crippen LogP contribution in [-0.2, 0) is 0 Å². The molecule has 0 radical (unpaired) electrons. The van der Waals surface area contributed by atoms with Crippen LogP contribution in [0.1, 0.15) is 15.9 Å². The fourth-order valence-electron chi connectivity index (χ4n) is 2.71. The first-order chi connectivity index (χ1) is 14.6. The Balaban J connectivity index is 2.08. The Labute approximate surface area is 173 Å². The first-order valence-electron chi connectivity index (χ1n) is 9.06. The highest BCUT2D eigenvalue weighted by Gasteiger charge is 2.38. The molecule has 31 heavy (non-hydrogen) atoms. The second-order valence-corrected chi connectivity index (χ2v) is 6.77. The van der Waals surface area contributed by atoms with Crippen LogP contribution in [0, 0.1) is 12.7 Å². The molecule has 6 nitrogen and oxygen atoms in total. The molecule has 0 saturated heterocycles. The molecule has 1 atom stereocenters. The van der Waals surface area contributed by atoms with Crippen LogP contribution in [0.2, 0.25) is 0 Å². The van der Waals surface area contributed by atoms with Gasteiger partial charge >= 0.3 is 6.18 Å². The van der Waals surface area contributed by atoms with Gasteiger partial charge in [0.2, 0.25) is 0 Å². The third-order valence-corrected chi connectivity index (χ3v) is 4.39. The fourth-order valence-corrected chi connectivity index (χ4v) is 2.71. The molecular formula is C21H17F4N3O3. The molecule has 10 heteroatoms. The molecule has 1 amide bonds. The van der Waals surface area contributed by atoms with E-state index in [0.29, 0.717) is 5.56 Å². The topological polar surface area (TPSA) is 84.2 Å². The van der Waals surface area contributed by atoms with Crippen LogP contribution >= 0.6 is 0 Å². The minimum Gasteiger partial charge on any atom is -0.382 e. The van der Waals surface area contributed by atoms with Gasteiger partial charge in [-0.05, 0) is 31.2 Å². The van der Waals surface area contributed by atoms with E-state index in [4.69, 9.17) is 5.11 Å². The highest BCUT2D eigenvalue weighted by atomic mass is 19.4. The number of aliphatic hydroxyl groups is 1. The number of aryl methyl sites for hydroxylation is 1. The summed E-state index contributed by atoms with van der Waals surface area (Å²) in [5.74, 6) is -1.78. The molecule has 2 aromatic carbocycles. The second-order valence-electron chi connectivity index (χ2n) is 6.77. The summed E-state index contributed by atoms with van der Waals surface area (Å²) in [6.45, 7) is 0.722. The van der Waals surface area contributed by atoms with Crippen molar-refractivity contribution in [3.63, 3.8) is 0 Å². The molecule has 0 bridgehead atoms. The normalized spacial score (nSPS) is 12.5. The molecule has 0 spiro atoms. The van der Waals surface area contributed by atoms with Gasteiger partial charge in [-0.2, -0.15) is 23.0 Å². The number of rotatable bonds is 5. The maximum Gasteiger partial charge on any atom is 0.416 e. The van der Waals surface area contributed by atoms with E-state index in [-0.39, 0.29) is 11.4 Å². The van der Waals surface area contributed by atoms with Crippen LogP contribution in [0.25, 0.3) is 16.9 Å². The Bertz CT molecular complexity index is 1160. The first-order valence-corrected chi connectivity index (χ1v) is 9.06. The fraction of sp³-hybridized carbons (Fsp3) is 0.190. The Morgan fingerprint density at radius 2 is 1.84 bits per heavy atom. The van der Waals surface area contributed by atoms with Gasteiger partial charge in [0.15, 0.2) is 6.10 Å². The molecule has 0 unspecified atom stereocenters. The molecule has 0 aliphatic carbocycles. The van der Waals surface area contributed by atoms with Gasteiger partial charge < -0.3 is 10.4 Å². The zero-order chi connectivity index (χ0) is 22.8. The Kier molecular flexibility index (Phi) is 6.21. The highest BCUT2D eigenvalue weighted by Crippen LogP contribution is 2.20. The zero-order valence-electron chi connectivity index (χ0n) is 16.2. The Morgan fingerprint density at radius 3 is 2.45 bits per heavy atom. The molecule has 1 heterocycles. The summed E-state index contributed by atoms with van der Waals surface area (Å²) in [6, 6.07) is 13.0. The van der Waals surface area contributed by atoms with Gasteiger partial charge in [-0.25, -0.2) is 4.39 Å². The van der Waals surface area contributed by atoms with Gasteiger partial charge in [-0.1, -0.05) is 35.9 Å². The smallest absolute Gasteiger partial charge is 0.382 e. The summed E-state index contributed by atoms with van der Waals surface area (Å²) in [5.41, 5.74) is 0.208. The van der Waals surface area contributed by atoms with Gasteiger partial charge in [-0.3, -0.25) is 9.59 Å². The van der Waals surface area contributed by atoms with Crippen LogP contribution in [-0.4, -0.2) is 39.6 Å². The zero-order valence-corrected chi connectivity index (χ0v) is 16.2. The maximum atomic E-state index is 13.7. The summed E-state index contributed by atoms with van der Waals surface area (Å²) < 4.78 is 52.0. The monoisotopic (exact) mass is 435 g/mol. The van der Waals surface area contributed by atoms with Crippen molar-refractivity contribution in [3.8, 4) is 16.9 Å². The van der Waals surface area contributed by atoms with Gasteiger partial charge in [0.25, 0.3) is 11.5 Å². The number of amides is 1. The van der Waals surface area contributed by atoms with E-state index in [1.54, 1.807) is 24.3 Å². The number of aromatic nitrogens is 2. The van der Waals surface area contributed by atoms with Gasteiger partial charge in [0.05, 0.1) is 17.9 Å². The van der Waals surface area contributed by atoms with E-state index in [2.05, 4.69) is 5.10 Å². The molecule has 0 fully saturated rings. The van der Waals surface area contributed by atoms with Crippen molar-refractivity contribution in [1.29, 1.82) is 0 Å². The van der Waals surface area contributed by atoms with Crippen molar-refractivity contribution in [3.05, 3.63) is 81.9 Å². The van der Waals surface area contributed by atoms with Crippen molar-refractivity contribution >= 4 is 5.91 Å². The number of halogens is 4. The average molecular weight is 435 g/mol. The Hall–Kier alpha value is -3.53. The Morgan fingerprint density at radius 1 is 1.16 bits per heavy atom. The molecule has 0 aliphatic rings. The number of nitrogens with zero attached hydrogens (tertiary/aromatic N) is 2. The van der Waals surface area contributed by atoms with Crippen molar-refractivity contribution < 1.29 is 27.5 Å². The van der Waals surface area contributed by atoms with Gasteiger partial charge in [0.1, 0.15) is 11.4 Å².